The zero-order chi connectivity index (χ0) is 19.8. The van der Waals surface area contributed by atoms with Gasteiger partial charge in [-0.2, -0.15) is 15.0 Å². The van der Waals surface area contributed by atoms with Gasteiger partial charge in [0.1, 0.15) is 0 Å². The van der Waals surface area contributed by atoms with Crippen LogP contribution in [0.3, 0.4) is 0 Å². The van der Waals surface area contributed by atoms with Gasteiger partial charge in [0.25, 0.3) is 0 Å². The lowest BCUT2D eigenvalue weighted by atomic mass is 10.2. The zero-order valence-corrected chi connectivity index (χ0v) is 16.0. The summed E-state index contributed by atoms with van der Waals surface area (Å²) in [6, 6.07) is 5.57. The minimum atomic E-state index is -0.282. The Morgan fingerprint density at radius 1 is 1.07 bits per heavy atom. The molecule has 0 unspecified atom stereocenters. The Kier molecular flexibility index (Phi) is 6.93. The summed E-state index contributed by atoms with van der Waals surface area (Å²) >= 11 is 0. The quantitative estimate of drug-likeness (QED) is 0.691. The molecule has 0 saturated carbocycles. The Morgan fingerprint density at radius 3 is 2.44 bits per heavy atom. The van der Waals surface area contributed by atoms with Gasteiger partial charge in [0.05, 0.1) is 27.9 Å². The summed E-state index contributed by atoms with van der Waals surface area (Å²) < 4.78 is 15.5. The first-order chi connectivity index (χ1) is 13.0. The van der Waals surface area contributed by atoms with Crippen LogP contribution in [0.2, 0.25) is 0 Å². The molecule has 1 aromatic carbocycles. The van der Waals surface area contributed by atoms with Crippen molar-refractivity contribution in [2.75, 3.05) is 40.3 Å². The summed E-state index contributed by atoms with van der Waals surface area (Å²) in [4.78, 5) is 26.3. The number of nitrogens with one attached hydrogen (secondary N) is 1. The molecule has 2 rings (SSSR count). The lowest BCUT2D eigenvalue weighted by molar-refractivity contribution is -0.116. The number of benzene rings is 1. The van der Waals surface area contributed by atoms with Crippen LogP contribution in [0.4, 0.5) is 5.95 Å². The molecule has 144 valence electrons. The van der Waals surface area contributed by atoms with Crippen molar-refractivity contribution in [2.24, 2.45) is 0 Å². The maximum Gasteiger partial charge on any atom is 0.321 e. The van der Waals surface area contributed by atoms with Gasteiger partial charge in [-0.3, -0.25) is 4.79 Å². The average Bonchev–Trinajstić information content (AvgIpc) is 2.69. The lowest BCUT2D eigenvalue weighted by Gasteiger charge is -2.12. The fourth-order valence-corrected chi connectivity index (χ4v) is 2.11. The van der Waals surface area contributed by atoms with E-state index in [4.69, 9.17) is 14.2 Å². The molecule has 0 saturated heterocycles. The molecular formula is C18H23N5O4. The van der Waals surface area contributed by atoms with Gasteiger partial charge in [-0.05, 0) is 23.8 Å². The summed E-state index contributed by atoms with van der Waals surface area (Å²) in [5.41, 5.74) is 0.805. The predicted octanol–water partition coefficient (Wildman–Crippen LogP) is 1.29. The van der Waals surface area contributed by atoms with Gasteiger partial charge < -0.3 is 24.4 Å². The Hall–Kier alpha value is -3.36. The maximum absolute atomic E-state index is 12.1. The van der Waals surface area contributed by atoms with E-state index in [9.17, 15) is 4.79 Å². The summed E-state index contributed by atoms with van der Waals surface area (Å²) in [5.74, 6) is 1.79. The lowest BCUT2D eigenvalue weighted by Crippen LogP contribution is -2.23. The number of methoxy groups -OCH3 is 3. The van der Waals surface area contributed by atoms with E-state index in [1.807, 2.05) is 20.2 Å². The third-order valence-corrected chi connectivity index (χ3v) is 3.49. The number of carbonyl (C=O) groups is 1. The number of anilines is 1. The molecule has 1 heterocycles. The largest absolute Gasteiger partial charge is 0.493 e. The summed E-state index contributed by atoms with van der Waals surface area (Å²) in [5, 5.41) is 2.73. The minimum Gasteiger partial charge on any atom is -0.493 e. The molecule has 0 atom stereocenters. The van der Waals surface area contributed by atoms with Gasteiger partial charge in [-0.25, -0.2) is 0 Å². The average molecular weight is 373 g/mol. The van der Waals surface area contributed by atoms with E-state index in [2.05, 4.69) is 20.3 Å². The van der Waals surface area contributed by atoms with Gasteiger partial charge in [0.15, 0.2) is 17.3 Å². The van der Waals surface area contributed by atoms with Crippen LogP contribution < -0.4 is 24.4 Å². The van der Waals surface area contributed by atoms with E-state index in [1.165, 1.54) is 13.2 Å². The Labute approximate surface area is 158 Å². The highest BCUT2D eigenvalue weighted by atomic mass is 16.5. The molecule has 0 bridgehead atoms. The molecule has 1 N–H and O–H groups in total. The van der Waals surface area contributed by atoms with E-state index >= 15 is 0 Å². The van der Waals surface area contributed by atoms with Crippen molar-refractivity contribution in [3.05, 3.63) is 35.7 Å². The second-order valence-electron chi connectivity index (χ2n) is 5.60. The van der Waals surface area contributed by atoms with E-state index in [-0.39, 0.29) is 18.5 Å². The van der Waals surface area contributed by atoms with Crippen LogP contribution in [0.15, 0.2) is 24.3 Å². The summed E-state index contributed by atoms with van der Waals surface area (Å²) in [6.45, 7) is 0.148. The number of amides is 1. The van der Waals surface area contributed by atoms with Gasteiger partial charge in [-0.15, -0.1) is 0 Å². The second kappa shape index (κ2) is 9.37. The fourth-order valence-electron chi connectivity index (χ4n) is 2.11. The third kappa shape index (κ3) is 5.56. The Bertz CT molecular complexity index is 823. The van der Waals surface area contributed by atoms with Gasteiger partial charge in [0, 0.05) is 20.2 Å². The molecule has 0 spiro atoms. The van der Waals surface area contributed by atoms with Crippen molar-refractivity contribution in [1.29, 1.82) is 0 Å². The van der Waals surface area contributed by atoms with Crippen LogP contribution in [0.5, 0.6) is 17.5 Å². The van der Waals surface area contributed by atoms with Gasteiger partial charge in [0.2, 0.25) is 11.9 Å². The van der Waals surface area contributed by atoms with Crippen molar-refractivity contribution in [3.8, 4) is 17.5 Å². The molecule has 9 heteroatoms. The number of hydrogen-bond acceptors (Lipinski definition) is 8. The molecule has 0 fully saturated rings. The first-order valence-corrected chi connectivity index (χ1v) is 8.11. The van der Waals surface area contributed by atoms with Crippen molar-refractivity contribution in [1.82, 2.24) is 20.3 Å². The van der Waals surface area contributed by atoms with Crippen LogP contribution in [0.25, 0.3) is 6.08 Å². The van der Waals surface area contributed by atoms with E-state index in [0.29, 0.717) is 23.3 Å². The van der Waals surface area contributed by atoms with Crippen molar-refractivity contribution < 1.29 is 19.0 Å². The molecule has 1 amide bonds. The highest BCUT2D eigenvalue weighted by Gasteiger charge is 2.09. The minimum absolute atomic E-state index is 0.148. The first kappa shape index (κ1) is 20.0. The number of hydrogen-bond donors (Lipinski definition) is 1. The van der Waals surface area contributed by atoms with E-state index in [0.717, 1.165) is 5.56 Å². The summed E-state index contributed by atoms with van der Waals surface area (Å²) in [7, 11) is 8.22. The highest BCUT2D eigenvalue weighted by Crippen LogP contribution is 2.27. The predicted molar refractivity (Wildman–Crippen MR) is 101 cm³/mol. The summed E-state index contributed by atoms with van der Waals surface area (Å²) in [6.07, 6.45) is 3.10. The Balaban J connectivity index is 2.02. The molecule has 0 radical (unpaired) electrons. The number of nitrogens with zero attached hydrogens (tertiary/aromatic N) is 4. The molecule has 0 aliphatic heterocycles. The number of aromatic nitrogens is 3. The van der Waals surface area contributed by atoms with Gasteiger partial charge >= 0.3 is 6.01 Å². The molecule has 0 aliphatic rings. The first-order valence-electron chi connectivity index (χ1n) is 8.11. The smallest absolute Gasteiger partial charge is 0.321 e. The topological polar surface area (TPSA) is 98.7 Å². The number of ether oxygens (including phenoxy) is 3. The second-order valence-corrected chi connectivity index (χ2v) is 5.60. The third-order valence-electron chi connectivity index (χ3n) is 3.49. The Morgan fingerprint density at radius 2 is 1.81 bits per heavy atom. The fraction of sp³-hybridized carbons (Fsp3) is 0.333. The number of rotatable bonds is 8. The van der Waals surface area contributed by atoms with Crippen molar-refractivity contribution in [2.45, 2.75) is 6.54 Å². The highest BCUT2D eigenvalue weighted by molar-refractivity contribution is 5.91. The monoisotopic (exact) mass is 373 g/mol. The maximum atomic E-state index is 12.1. The molecule has 1 aromatic heterocycles. The number of carbonyl (C=O) groups excluding carboxylic acids is 1. The van der Waals surface area contributed by atoms with Crippen LogP contribution in [0, 0.1) is 0 Å². The van der Waals surface area contributed by atoms with Gasteiger partial charge in [-0.1, -0.05) is 6.07 Å². The SMILES string of the molecule is COc1nc(CNC(=O)/C=C/c2ccc(OC)c(OC)c2)nc(N(C)C)n1. The molecule has 27 heavy (non-hydrogen) atoms. The zero-order valence-electron chi connectivity index (χ0n) is 16.0. The molecule has 2 aromatic rings. The van der Waals surface area contributed by atoms with Crippen LogP contribution >= 0.6 is 0 Å². The normalized spacial score (nSPS) is 10.6. The molecule has 9 nitrogen and oxygen atoms in total. The van der Waals surface area contributed by atoms with Crippen LogP contribution in [-0.2, 0) is 11.3 Å². The van der Waals surface area contributed by atoms with Crippen LogP contribution in [-0.4, -0.2) is 56.3 Å². The van der Waals surface area contributed by atoms with E-state index in [1.54, 1.807) is 37.3 Å². The standard InChI is InChI=1S/C18H23N5O4/c1-23(2)17-20-15(21-18(22-17)27-5)11-19-16(24)9-7-12-6-8-13(25-3)14(10-12)26-4/h6-10H,11H2,1-5H3,(H,19,24)/b9-7+. The molecular weight excluding hydrogens is 350 g/mol. The van der Waals surface area contributed by atoms with Crippen molar-refractivity contribution >= 4 is 17.9 Å². The van der Waals surface area contributed by atoms with E-state index < -0.39 is 0 Å². The van der Waals surface area contributed by atoms with Crippen molar-refractivity contribution in [3.63, 3.8) is 0 Å². The molecule has 0 aliphatic carbocycles. The van der Waals surface area contributed by atoms with Crippen LogP contribution in [0.1, 0.15) is 11.4 Å².